The molecule has 0 bridgehead atoms. The number of hydrogen-bond acceptors (Lipinski definition) is 2. The molecule has 0 amide bonds. The fourth-order valence-electron chi connectivity index (χ4n) is 1.03. The lowest BCUT2D eigenvalue weighted by molar-refractivity contribution is -0.136. The molecule has 0 radical (unpaired) electrons. The van der Waals surface area contributed by atoms with Gasteiger partial charge in [-0.05, 0) is 21.5 Å². The van der Waals surface area contributed by atoms with Crippen LogP contribution in [0.3, 0.4) is 0 Å². The van der Waals surface area contributed by atoms with Crippen LogP contribution in [-0.4, -0.2) is 16.1 Å². The maximum atomic E-state index is 12.9. The highest BCUT2D eigenvalue weighted by Gasteiger charge is 2.20. The fourth-order valence-corrected chi connectivity index (χ4v) is 1.50. The monoisotopic (exact) mass is 283 g/mol. The van der Waals surface area contributed by atoms with Crippen LogP contribution < -0.4 is 0 Å². The van der Waals surface area contributed by atoms with Crippen LogP contribution in [0, 0.1) is 5.95 Å². The highest BCUT2D eigenvalue weighted by Crippen LogP contribution is 2.29. The predicted octanol–water partition coefficient (Wildman–Crippen LogP) is 2.55. The fraction of sp³-hybridized carbons (Fsp3) is 0.250. The molecule has 0 aliphatic carbocycles. The van der Waals surface area contributed by atoms with Crippen LogP contribution >= 0.6 is 15.9 Å². The van der Waals surface area contributed by atoms with Gasteiger partial charge in [0, 0.05) is 11.8 Å². The number of alkyl halides is 2. The van der Waals surface area contributed by atoms with Crippen LogP contribution in [0.2, 0.25) is 0 Å². The van der Waals surface area contributed by atoms with E-state index in [1.807, 2.05) is 0 Å². The Morgan fingerprint density at radius 3 is 2.67 bits per heavy atom. The molecule has 0 fully saturated rings. The Morgan fingerprint density at radius 1 is 1.60 bits per heavy atom. The van der Waals surface area contributed by atoms with Crippen LogP contribution in [-0.2, 0) is 11.2 Å². The number of nitrogens with zero attached hydrogens (tertiary/aromatic N) is 1. The van der Waals surface area contributed by atoms with Crippen molar-refractivity contribution < 1.29 is 23.1 Å². The molecule has 1 N–H and O–H groups in total. The molecule has 1 rings (SSSR count). The first-order chi connectivity index (χ1) is 6.93. The zero-order valence-electron chi connectivity index (χ0n) is 7.18. The van der Waals surface area contributed by atoms with Gasteiger partial charge in [-0.1, -0.05) is 0 Å². The molecule has 3 nitrogen and oxygen atoms in total. The number of aromatic nitrogens is 1. The Balaban J connectivity index is 3.28. The Bertz CT molecular complexity index is 398. The SMILES string of the molecule is O=C(O)Cc1c(C(F)F)cnc(F)c1Br. The Hall–Kier alpha value is -1.11. The van der Waals surface area contributed by atoms with E-state index in [1.54, 1.807) is 0 Å². The van der Waals surface area contributed by atoms with Gasteiger partial charge in [-0.2, -0.15) is 4.39 Å². The van der Waals surface area contributed by atoms with Crippen molar-refractivity contribution in [1.29, 1.82) is 0 Å². The lowest BCUT2D eigenvalue weighted by Crippen LogP contribution is -2.07. The second-order valence-electron chi connectivity index (χ2n) is 2.67. The van der Waals surface area contributed by atoms with Gasteiger partial charge in [-0.15, -0.1) is 0 Å². The summed E-state index contributed by atoms with van der Waals surface area (Å²) in [6, 6.07) is 0. The van der Waals surface area contributed by atoms with Gasteiger partial charge >= 0.3 is 5.97 Å². The summed E-state index contributed by atoms with van der Waals surface area (Å²) in [4.78, 5) is 13.5. The number of pyridine rings is 1. The number of carboxylic acid groups (broad SMARTS) is 1. The molecule has 0 spiro atoms. The van der Waals surface area contributed by atoms with E-state index in [0.717, 1.165) is 0 Å². The molecular weight excluding hydrogens is 279 g/mol. The zero-order chi connectivity index (χ0) is 11.6. The lowest BCUT2D eigenvalue weighted by atomic mass is 10.1. The topological polar surface area (TPSA) is 50.2 Å². The molecule has 0 saturated carbocycles. The van der Waals surface area contributed by atoms with Gasteiger partial charge in [0.15, 0.2) is 0 Å². The second-order valence-corrected chi connectivity index (χ2v) is 3.46. The molecule has 0 aliphatic rings. The smallest absolute Gasteiger partial charge is 0.307 e. The van der Waals surface area contributed by atoms with Crippen LogP contribution in [0.4, 0.5) is 13.2 Å². The van der Waals surface area contributed by atoms with Crippen molar-refractivity contribution in [2.75, 3.05) is 0 Å². The van der Waals surface area contributed by atoms with Gasteiger partial charge in [0.1, 0.15) is 0 Å². The molecule has 0 atom stereocenters. The van der Waals surface area contributed by atoms with E-state index in [4.69, 9.17) is 5.11 Å². The average Bonchev–Trinajstić information content (AvgIpc) is 2.12. The largest absolute Gasteiger partial charge is 0.481 e. The minimum Gasteiger partial charge on any atom is -0.481 e. The molecule has 15 heavy (non-hydrogen) atoms. The standard InChI is InChI=1S/C8H5BrF3NO2/c9-6-3(1-5(14)15)4(7(10)11)2-13-8(6)12/h2,7H,1H2,(H,14,15). The van der Waals surface area contributed by atoms with Crippen LogP contribution in [0.1, 0.15) is 17.6 Å². The normalized spacial score (nSPS) is 10.7. The number of halogens is 4. The summed E-state index contributed by atoms with van der Waals surface area (Å²) >= 11 is 2.69. The molecule has 1 heterocycles. The van der Waals surface area contributed by atoms with Crippen molar-refractivity contribution >= 4 is 21.9 Å². The second kappa shape index (κ2) is 4.61. The lowest BCUT2D eigenvalue weighted by Gasteiger charge is -2.08. The minimum absolute atomic E-state index is 0.287. The van der Waals surface area contributed by atoms with Crippen molar-refractivity contribution in [3.8, 4) is 0 Å². The summed E-state index contributed by atoms with van der Waals surface area (Å²) in [5.74, 6) is -2.32. The third kappa shape index (κ3) is 2.68. The molecule has 0 aliphatic heterocycles. The number of aliphatic carboxylic acids is 1. The van der Waals surface area contributed by atoms with E-state index in [2.05, 4.69) is 20.9 Å². The Kier molecular flexibility index (Phi) is 3.67. The molecule has 1 aromatic rings. The van der Waals surface area contributed by atoms with E-state index >= 15 is 0 Å². The first-order valence-electron chi connectivity index (χ1n) is 3.76. The van der Waals surface area contributed by atoms with Crippen molar-refractivity contribution in [1.82, 2.24) is 4.98 Å². The first kappa shape index (κ1) is 12.0. The van der Waals surface area contributed by atoms with Gasteiger partial charge in [0.2, 0.25) is 5.95 Å². The molecule has 82 valence electrons. The van der Waals surface area contributed by atoms with Crippen molar-refractivity contribution in [2.24, 2.45) is 0 Å². The third-order valence-corrected chi connectivity index (χ3v) is 2.48. The van der Waals surface area contributed by atoms with Gasteiger partial charge in [0.05, 0.1) is 10.9 Å². The summed E-state index contributed by atoms with van der Waals surface area (Å²) in [6.45, 7) is 0. The summed E-state index contributed by atoms with van der Waals surface area (Å²) in [5.41, 5.74) is -0.865. The Morgan fingerprint density at radius 2 is 2.20 bits per heavy atom. The minimum atomic E-state index is -2.89. The maximum absolute atomic E-state index is 12.9. The zero-order valence-corrected chi connectivity index (χ0v) is 8.76. The molecular formula is C8H5BrF3NO2. The summed E-state index contributed by atoms with van der Waals surface area (Å²) < 4.78 is 37.4. The molecule has 0 aromatic carbocycles. The summed E-state index contributed by atoms with van der Waals surface area (Å²) in [5, 5.41) is 8.48. The van der Waals surface area contributed by atoms with Crippen LogP contribution in [0.25, 0.3) is 0 Å². The van der Waals surface area contributed by atoms with Crippen molar-refractivity contribution in [3.63, 3.8) is 0 Å². The highest BCUT2D eigenvalue weighted by atomic mass is 79.9. The molecule has 7 heteroatoms. The van der Waals surface area contributed by atoms with Crippen LogP contribution in [0.5, 0.6) is 0 Å². The van der Waals surface area contributed by atoms with Crippen molar-refractivity contribution in [2.45, 2.75) is 12.8 Å². The third-order valence-electron chi connectivity index (χ3n) is 1.67. The summed E-state index contributed by atoms with van der Waals surface area (Å²) in [7, 11) is 0. The van der Waals surface area contributed by atoms with E-state index in [9.17, 15) is 18.0 Å². The number of carboxylic acids is 1. The Labute approximate surface area is 91.1 Å². The molecule has 0 saturated heterocycles. The van der Waals surface area contributed by atoms with Gasteiger partial charge in [0.25, 0.3) is 6.43 Å². The number of carbonyl (C=O) groups is 1. The summed E-state index contributed by atoms with van der Waals surface area (Å²) in [6.07, 6.45) is -2.92. The van der Waals surface area contributed by atoms with Crippen LogP contribution in [0.15, 0.2) is 10.7 Å². The molecule has 0 unspecified atom stereocenters. The van der Waals surface area contributed by atoms with E-state index in [0.29, 0.717) is 6.20 Å². The van der Waals surface area contributed by atoms with E-state index in [-0.39, 0.29) is 10.0 Å². The average molecular weight is 284 g/mol. The number of rotatable bonds is 3. The van der Waals surface area contributed by atoms with Crippen molar-refractivity contribution in [3.05, 3.63) is 27.7 Å². The van der Waals surface area contributed by atoms with E-state index < -0.39 is 30.3 Å². The predicted molar refractivity (Wildman–Crippen MR) is 48.2 cm³/mol. The maximum Gasteiger partial charge on any atom is 0.307 e. The van der Waals surface area contributed by atoms with Gasteiger partial charge in [-0.25, -0.2) is 13.8 Å². The van der Waals surface area contributed by atoms with Gasteiger partial charge < -0.3 is 5.11 Å². The highest BCUT2D eigenvalue weighted by molar-refractivity contribution is 9.10. The quantitative estimate of drug-likeness (QED) is 0.868. The first-order valence-corrected chi connectivity index (χ1v) is 4.55. The van der Waals surface area contributed by atoms with Gasteiger partial charge in [-0.3, -0.25) is 4.79 Å². The number of hydrogen-bond donors (Lipinski definition) is 1. The molecule has 1 aromatic heterocycles. The van der Waals surface area contributed by atoms with E-state index in [1.165, 1.54) is 0 Å².